The average Bonchev–Trinajstić information content (AvgIpc) is 2.95. The largest absolute Gasteiger partial charge is 0.374 e. The first-order valence-electron chi connectivity index (χ1n) is 9.19. The van der Waals surface area contributed by atoms with Crippen molar-refractivity contribution in [1.29, 1.82) is 0 Å². The van der Waals surface area contributed by atoms with Crippen LogP contribution in [-0.2, 0) is 11.3 Å². The van der Waals surface area contributed by atoms with Gasteiger partial charge in [0.25, 0.3) is 5.91 Å². The number of ether oxygens (including phenoxy) is 1. The van der Waals surface area contributed by atoms with Crippen molar-refractivity contribution in [2.24, 2.45) is 0 Å². The Balaban J connectivity index is 1.82. The van der Waals surface area contributed by atoms with Crippen LogP contribution in [0.25, 0.3) is 5.69 Å². The molecule has 0 saturated heterocycles. The van der Waals surface area contributed by atoms with Gasteiger partial charge in [0, 0.05) is 10.2 Å². The summed E-state index contributed by atoms with van der Waals surface area (Å²) in [7, 11) is 0. The van der Waals surface area contributed by atoms with Crippen LogP contribution in [0.4, 0.5) is 5.69 Å². The summed E-state index contributed by atoms with van der Waals surface area (Å²) in [5.74, 6) is -0.166. The lowest BCUT2D eigenvalue weighted by atomic mass is 10.1. The summed E-state index contributed by atoms with van der Waals surface area (Å²) in [6.07, 6.45) is 0.160. The first-order chi connectivity index (χ1) is 13.3. The van der Waals surface area contributed by atoms with E-state index in [2.05, 4.69) is 26.3 Å². The highest BCUT2D eigenvalue weighted by molar-refractivity contribution is 9.10. The zero-order valence-electron chi connectivity index (χ0n) is 16.5. The lowest BCUT2D eigenvalue weighted by Crippen LogP contribution is -2.14. The molecule has 0 aliphatic heterocycles. The zero-order chi connectivity index (χ0) is 20.3. The van der Waals surface area contributed by atoms with E-state index in [0.717, 1.165) is 27.1 Å². The van der Waals surface area contributed by atoms with Gasteiger partial charge < -0.3 is 10.1 Å². The summed E-state index contributed by atoms with van der Waals surface area (Å²) in [5, 5.41) is 7.55. The van der Waals surface area contributed by atoms with Gasteiger partial charge in [-0.05, 0) is 69.7 Å². The number of anilines is 1. The molecular weight excluding hydrogens is 418 g/mol. The van der Waals surface area contributed by atoms with Crippen LogP contribution in [0.5, 0.6) is 0 Å². The number of aromatic nitrogens is 2. The van der Waals surface area contributed by atoms with Crippen molar-refractivity contribution in [1.82, 2.24) is 9.78 Å². The molecule has 1 amide bonds. The fourth-order valence-electron chi connectivity index (χ4n) is 3.00. The molecule has 0 bridgehead atoms. The van der Waals surface area contributed by atoms with Gasteiger partial charge >= 0.3 is 0 Å². The van der Waals surface area contributed by atoms with Gasteiger partial charge in [0.2, 0.25) is 0 Å². The van der Waals surface area contributed by atoms with Crippen molar-refractivity contribution in [2.45, 2.75) is 40.4 Å². The topological polar surface area (TPSA) is 56.2 Å². The minimum absolute atomic E-state index is 0.160. The standard InChI is InChI=1S/C22H24BrN3O2/c1-14(2)28-13-17-6-5-7-19(12-17)24-22(27)21-15(3)25-26(16(21)4)20-10-8-18(23)9-11-20/h5-12,14H,13H2,1-4H3,(H,24,27). The Labute approximate surface area is 173 Å². The molecule has 0 atom stereocenters. The Bertz CT molecular complexity index is 978. The van der Waals surface area contributed by atoms with E-state index in [1.54, 1.807) is 4.68 Å². The molecule has 5 nitrogen and oxygen atoms in total. The lowest BCUT2D eigenvalue weighted by Gasteiger charge is -2.10. The minimum Gasteiger partial charge on any atom is -0.374 e. The lowest BCUT2D eigenvalue weighted by molar-refractivity contribution is 0.0657. The summed E-state index contributed by atoms with van der Waals surface area (Å²) in [5.41, 5.74) is 4.76. The van der Waals surface area contributed by atoms with Gasteiger partial charge in [-0.15, -0.1) is 0 Å². The van der Waals surface area contributed by atoms with Gasteiger partial charge in [0.1, 0.15) is 0 Å². The van der Waals surface area contributed by atoms with E-state index in [9.17, 15) is 4.79 Å². The summed E-state index contributed by atoms with van der Waals surface area (Å²) >= 11 is 3.44. The van der Waals surface area contributed by atoms with E-state index in [-0.39, 0.29) is 12.0 Å². The van der Waals surface area contributed by atoms with Gasteiger partial charge in [0.15, 0.2) is 0 Å². The second-order valence-corrected chi connectivity index (χ2v) is 7.86. The molecule has 3 rings (SSSR count). The number of rotatable bonds is 6. The average molecular weight is 442 g/mol. The highest BCUT2D eigenvalue weighted by Gasteiger charge is 2.19. The van der Waals surface area contributed by atoms with E-state index < -0.39 is 0 Å². The Morgan fingerprint density at radius 1 is 1.18 bits per heavy atom. The number of nitrogens with one attached hydrogen (secondary N) is 1. The number of hydrogen-bond acceptors (Lipinski definition) is 3. The maximum Gasteiger partial charge on any atom is 0.259 e. The Morgan fingerprint density at radius 2 is 1.89 bits per heavy atom. The predicted molar refractivity (Wildman–Crippen MR) is 115 cm³/mol. The molecule has 0 saturated carbocycles. The molecule has 3 aromatic rings. The third-order valence-corrected chi connectivity index (χ3v) is 4.89. The van der Waals surface area contributed by atoms with Crippen molar-refractivity contribution >= 4 is 27.5 Å². The summed E-state index contributed by atoms with van der Waals surface area (Å²) < 4.78 is 8.43. The minimum atomic E-state index is -0.166. The van der Waals surface area contributed by atoms with Gasteiger partial charge in [0.05, 0.1) is 35.3 Å². The summed E-state index contributed by atoms with van der Waals surface area (Å²) in [6, 6.07) is 15.5. The molecule has 0 aliphatic rings. The summed E-state index contributed by atoms with van der Waals surface area (Å²) in [4.78, 5) is 12.9. The molecule has 1 N–H and O–H groups in total. The first-order valence-corrected chi connectivity index (χ1v) is 9.98. The number of hydrogen-bond donors (Lipinski definition) is 1. The Hall–Kier alpha value is -2.44. The number of halogens is 1. The molecule has 1 heterocycles. The fourth-order valence-corrected chi connectivity index (χ4v) is 3.26. The maximum atomic E-state index is 12.9. The van der Waals surface area contributed by atoms with E-state index in [0.29, 0.717) is 17.9 Å². The molecule has 0 spiro atoms. The van der Waals surface area contributed by atoms with Crippen LogP contribution in [0.1, 0.15) is 41.2 Å². The quantitative estimate of drug-likeness (QED) is 0.554. The molecule has 0 radical (unpaired) electrons. The zero-order valence-corrected chi connectivity index (χ0v) is 18.1. The molecule has 146 valence electrons. The van der Waals surface area contributed by atoms with Crippen molar-refractivity contribution < 1.29 is 9.53 Å². The third kappa shape index (κ3) is 4.69. The molecule has 1 aromatic heterocycles. The number of benzene rings is 2. The number of carbonyl (C=O) groups is 1. The molecule has 2 aromatic carbocycles. The number of carbonyl (C=O) groups excluding carboxylic acids is 1. The van der Waals surface area contributed by atoms with Crippen LogP contribution < -0.4 is 5.32 Å². The highest BCUT2D eigenvalue weighted by atomic mass is 79.9. The fraction of sp³-hybridized carbons (Fsp3) is 0.273. The van der Waals surface area contributed by atoms with Crippen molar-refractivity contribution in [3.63, 3.8) is 0 Å². The normalized spacial score (nSPS) is 11.1. The van der Waals surface area contributed by atoms with Gasteiger partial charge in [-0.3, -0.25) is 4.79 Å². The summed E-state index contributed by atoms with van der Waals surface area (Å²) in [6.45, 7) is 8.27. The van der Waals surface area contributed by atoms with Crippen molar-refractivity contribution in [3.8, 4) is 5.69 Å². The van der Waals surface area contributed by atoms with Crippen molar-refractivity contribution in [3.05, 3.63) is 75.5 Å². The third-order valence-electron chi connectivity index (χ3n) is 4.36. The van der Waals surface area contributed by atoms with E-state index in [1.807, 2.05) is 76.2 Å². The van der Waals surface area contributed by atoms with Gasteiger partial charge in [-0.25, -0.2) is 4.68 Å². The van der Waals surface area contributed by atoms with Gasteiger partial charge in [-0.1, -0.05) is 28.1 Å². The highest BCUT2D eigenvalue weighted by Crippen LogP contribution is 2.21. The van der Waals surface area contributed by atoms with E-state index in [4.69, 9.17) is 4.74 Å². The Morgan fingerprint density at radius 3 is 2.57 bits per heavy atom. The number of nitrogens with zero attached hydrogens (tertiary/aromatic N) is 2. The number of amides is 1. The number of aryl methyl sites for hydroxylation is 1. The maximum absolute atomic E-state index is 12.9. The smallest absolute Gasteiger partial charge is 0.259 e. The molecule has 28 heavy (non-hydrogen) atoms. The van der Waals surface area contributed by atoms with Crippen LogP contribution in [-0.4, -0.2) is 21.8 Å². The van der Waals surface area contributed by atoms with Crippen LogP contribution in [0.2, 0.25) is 0 Å². The second kappa shape index (κ2) is 8.71. The van der Waals surface area contributed by atoms with Crippen LogP contribution in [0, 0.1) is 13.8 Å². The SMILES string of the molecule is Cc1nn(-c2ccc(Br)cc2)c(C)c1C(=O)Nc1cccc(COC(C)C)c1. The first kappa shape index (κ1) is 20.3. The van der Waals surface area contributed by atoms with Crippen LogP contribution in [0.3, 0.4) is 0 Å². The Kier molecular flexibility index (Phi) is 6.31. The monoisotopic (exact) mass is 441 g/mol. The van der Waals surface area contributed by atoms with Crippen molar-refractivity contribution in [2.75, 3.05) is 5.32 Å². The van der Waals surface area contributed by atoms with Gasteiger partial charge in [-0.2, -0.15) is 5.10 Å². The second-order valence-electron chi connectivity index (χ2n) is 6.95. The van der Waals surface area contributed by atoms with Crippen LogP contribution in [0.15, 0.2) is 53.0 Å². The molecular formula is C22H24BrN3O2. The molecule has 0 fully saturated rings. The molecule has 0 unspecified atom stereocenters. The van der Waals surface area contributed by atoms with E-state index in [1.165, 1.54) is 0 Å². The van der Waals surface area contributed by atoms with E-state index >= 15 is 0 Å². The molecule has 0 aliphatic carbocycles. The molecule has 6 heteroatoms. The van der Waals surface area contributed by atoms with Crippen LogP contribution >= 0.6 is 15.9 Å². The predicted octanol–water partition coefficient (Wildman–Crippen LogP) is 5.43.